The molecule has 0 aliphatic heterocycles. The summed E-state index contributed by atoms with van der Waals surface area (Å²) >= 11 is 0. The molecule has 2 aromatic carbocycles. The second kappa shape index (κ2) is 8.75. The molecule has 138 valence electrons. The van der Waals surface area contributed by atoms with Gasteiger partial charge in [-0.25, -0.2) is 4.79 Å². The van der Waals surface area contributed by atoms with Crippen LogP contribution in [0.4, 0.5) is 23.1 Å². The number of anilines is 4. The lowest BCUT2D eigenvalue weighted by Gasteiger charge is -2.11. The average Bonchev–Trinajstić information content (AvgIpc) is 2.69. The lowest BCUT2D eigenvalue weighted by Crippen LogP contribution is -2.05. The lowest BCUT2D eigenvalue weighted by atomic mass is 10.1. The minimum absolute atomic E-state index is 0.345. The highest BCUT2D eigenvalue weighted by atomic mass is 16.5. The van der Waals surface area contributed by atoms with E-state index >= 15 is 0 Å². The van der Waals surface area contributed by atoms with E-state index in [4.69, 9.17) is 4.74 Å². The van der Waals surface area contributed by atoms with Crippen LogP contribution in [-0.2, 0) is 11.2 Å². The number of aromatic nitrogens is 3. The first-order chi connectivity index (χ1) is 13.2. The van der Waals surface area contributed by atoms with Crippen LogP contribution in [-0.4, -0.2) is 27.8 Å². The van der Waals surface area contributed by atoms with Gasteiger partial charge in [0.15, 0.2) is 5.82 Å². The molecular weight excluding hydrogens is 342 g/mol. The lowest BCUT2D eigenvalue weighted by molar-refractivity contribution is 0.0526. The van der Waals surface area contributed by atoms with E-state index in [1.165, 1.54) is 5.56 Å². The van der Waals surface area contributed by atoms with E-state index in [0.29, 0.717) is 23.9 Å². The second-order valence-electron chi connectivity index (χ2n) is 5.72. The molecule has 0 bridgehead atoms. The predicted molar refractivity (Wildman–Crippen MR) is 105 cm³/mol. The van der Waals surface area contributed by atoms with Gasteiger partial charge in [-0.15, -0.1) is 5.10 Å². The normalized spacial score (nSPS) is 10.3. The summed E-state index contributed by atoms with van der Waals surface area (Å²) in [6.45, 7) is 4.23. The maximum absolute atomic E-state index is 11.7. The maximum Gasteiger partial charge on any atom is 0.338 e. The van der Waals surface area contributed by atoms with Crippen LogP contribution in [0.25, 0.3) is 0 Å². The van der Waals surface area contributed by atoms with Crippen LogP contribution < -0.4 is 10.6 Å². The molecule has 0 amide bonds. The van der Waals surface area contributed by atoms with E-state index in [0.717, 1.165) is 17.8 Å². The molecule has 7 nitrogen and oxygen atoms in total. The van der Waals surface area contributed by atoms with Gasteiger partial charge in [0.05, 0.1) is 18.4 Å². The molecule has 1 aromatic heterocycles. The van der Waals surface area contributed by atoms with Crippen LogP contribution >= 0.6 is 0 Å². The van der Waals surface area contributed by atoms with Gasteiger partial charge in [0.2, 0.25) is 5.95 Å². The van der Waals surface area contributed by atoms with Crippen LogP contribution in [0.1, 0.15) is 29.8 Å². The Morgan fingerprint density at radius 2 is 1.81 bits per heavy atom. The Morgan fingerprint density at radius 3 is 2.56 bits per heavy atom. The van der Waals surface area contributed by atoms with Crippen molar-refractivity contribution in [2.75, 3.05) is 17.2 Å². The summed E-state index contributed by atoms with van der Waals surface area (Å²) in [5.74, 6) is 0.608. The molecular formula is C20H21N5O2. The first kappa shape index (κ1) is 18.3. The van der Waals surface area contributed by atoms with E-state index < -0.39 is 0 Å². The Balaban J connectivity index is 1.71. The molecule has 0 aliphatic carbocycles. The number of nitrogens with zero attached hydrogens (tertiary/aromatic N) is 3. The number of benzene rings is 2. The fourth-order valence-corrected chi connectivity index (χ4v) is 2.54. The van der Waals surface area contributed by atoms with Gasteiger partial charge in [0.25, 0.3) is 0 Å². The van der Waals surface area contributed by atoms with Crippen molar-refractivity contribution in [2.45, 2.75) is 20.3 Å². The van der Waals surface area contributed by atoms with Crippen molar-refractivity contribution in [2.24, 2.45) is 0 Å². The standard InChI is InChI=1S/C20H21N5O2/c1-3-14-7-5-6-8-17(14)23-18-13-21-25-20(24-18)22-16-11-9-15(10-12-16)19(26)27-4-2/h5-13H,3-4H2,1-2H3,(H2,22,23,24,25). The van der Waals surface area contributed by atoms with E-state index in [1.54, 1.807) is 37.4 Å². The zero-order chi connectivity index (χ0) is 19.1. The smallest absolute Gasteiger partial charge is 0.338 e. The quantitative estimate of drug-likeness (QED) is 0.611. The highest BCUT2D eigenvalue weighted by Gasteiger charge is 2.07. The summed E-state index contributed by atoms with van der Waals surface area (Å²) in [5.41, 5.74) is 3.43. The molecule has 0 unspecified atom stereocenters. The summed E-state index contributed by atoms with van der Waals surface area (Å²) in [6, 6.07) is 15.0. The number of aryl methyl sites for hydroxylation is 1. The summed E-state index contributed by atoms with van der Waals surface area (Å²) in [7, 11) is 0. The van der Waals surface area contributed by atoms with Crippen LogP contribution in [0.15, 0.2) is 54.7 Å². The van der Waals surface area contributed by atoms with Gasteiger partial charge in [0, 0.05) is 11.4 Å². The third kappa shape index (κ3) is 4.78. The molecule has 0 atom stereocenters. The minimum atomic E-state index is -0.345. The molecule has 0 fully saturated rings. The van der Waals surface area contributed by atoms with Gasteiger partial charge in [-0.05, 0) is 49.2 Å². The molecule has 3 aromatic rings. The van der Waals surface area contributed by atoms with Gasteiger partial charge < -0.3 is 15.4 Å². The molecule has 0 aliphatic rings. The fraction of sp³-hybridized carbons (Fsp3) is 0.200. The van der Waals surface area contributed by atoms with Gasteiger partial charge in [-0.1, -0.05) is 25.1 Å². The highest BCUT2D eigenvalue weighted by molar-refractivity contribution is 5.89. The third-order valence-electron chi connectivity index (χ3n) is 3.87. The third-order valence-corrected chi connectivity index (χ3v) is 3.87. The largest absolute Gasteiger partial charge is 0.462 e. The molecule has 2 N–H and O–H groups in total. The van der Waals surface area contributed by atoms with Crippen molar-refractivity contribution >= 4 is 29.1 Å². The van der Waals surface area contributed by atoms with Gasteiger partial charge in [0.1, 0.15) is 0 Å². The zero-order valence-electron chi connectivity index (χ0n) is 15.3. The predicted octanol–water partition coefficient (Wildman–Crippen LogP) is 4.10. The highest BCUT2D eigenvalue weighted by Crippen LogP contribution is 2.21. The van der Waals surface area contributed by atoms with Crippen LogP contribution in [0, 0.1) is 0 Å². The summed E-state index contributed by atoms with van der Waals surface area (Å²) in [5, 5.41) is 14.3. The molecule has 1 heterocycles. The number of hydrogen-bond acceptors (Lipinski definition) is 7. The van der Waals surface area contributed by atoms with Crippen molar-refractivity contribution < 1.29 is 9.53 Å². The van der Waals surface area contributed by atoms with Gasteiger partial charge >= 0.3 is 5.97 Å². The van der Waals surface area contributed by atoms with Gasteiger partial charge in [-0.2, -0.15) is 10.1 Å². The summed E-state index contributed by atoms with van der Waals surface area (Å²) < 4.78 is 4.97. The Hall–Kier alpha value is -3.48. The number of ether oxygens (including phenoxy) is 1. The molecule has 7 heteroatoms. The Bertz CT molecular complexity index is 912. The number of carbonyl (C=O) groups is 1. The molecule has 0 radical (unpaired) electrons. The first-order valence-corrected chi connectivity index (χ1v) is 8.78. The number of carbonyl (C=O) groups excluding carboxylic acids is 1. The van der Waals surface area contributed by atoms with Crippen molar-refractivity contribution in [1.82, 2.24) is 15.2 Å². The van der Waals surface area contributed by atoms with E-state index in [-0.39, 0.29) is 5.97 Å². The van der Waals surface area contributed by atoms with Crippen LogP contribution in [0.5, 0.6) is 0 Å². The number of nitrogens with one attached hydrogen (secondary N) is 2. The number of para-hydroxylation sites is 1. The van der Waals surface area contributed by atoms with Crippen molar-refractivity contribution in [3.05, 3.63) is 65.9 Å². The molecule has 3 rings (SSSR count). The maximum atomic E-state index is 11.7. The summed E-state index contributed by atoms with van der Waals surface area (Å²) in [4.78, 5) is 16.1. The zero-order valence-corrected chi connectivity index (χ0v) is 15.3. The van der Waals surface area contributed by atoms with E-state index in [9.17, 15) is 4.79 Å². The van der Waals surface area contributed by atoms with Crippen molar-refractivity contribution in [3.8, 4) is 0 Å². The SMILES string of the molecule is CCOC(=O)c1ccc(Nc2nncc(Nc3ccccc3CC)n2)cc1. The minimum Gasteiger partial charge on any atom is -0.462 e. The van der Waals surface area contributed by atoms with Crippen molar-refractivity contribution in [3.63, 3.8) is 0 Å². The monoisotopic (exact) mass is 363 g/mol. The van der Waals surface area contributed by atoms with Gasteiger partial charge in [-0.3, -0.25) is 0 Å². The van der Waals surface area contributed by atoms with Crippen LogP contribution in [0.3, 0.4) is 0 Å². The Morgan fingerprint density at radius 1 is 1.04 bits per heavy atom. The fourth-order valence-electron chi connectivity index (χ4n) is 2.54. The first-order valence-electron chi connectivity index (χ1n) is 8.78. The molecule has 0 saturated heterocycles. The molecule has 0 saturated carbocycles. The van der Waals surface area contributed by atoms with E-state index in [2.05, 4.69) is 38.8 Å². The number of rotatable bonds is 7. The van der Waals surface area contributed by atoms with E-state index in [1.807, 2.05) is 18.2 Å². The topological polar surface area (TPSA) is 89.0 Å². The summed E-state index contributed by atoms with van der Waals surface area (Å²) in [6.07, 6.45) is 2.49. The average molecular weight is 363 g/mol. The van der Waals surface area contributed by atoms with Crippen LogP contribution in [0.2, 0.25) is 0 Å². The Labute approximate surface area is 157 Å². The second-order valence-corrected chi connectivity index (χ2v) is 5.72. The Kier molecular flexibility index (Phi) is 5.94. The molecule has 0 spiro atoms. The van der Waals surface area contributed by atoms with Crippen molar-refractivity contribution in [1.29, 1.82) is 0 Å². The molecule has 27 heavy (non-hydrogen) atoms. The number of esters is 1. The number of hydrogen-bond donors (Lipinski definition) is 2.